The third-order valence-electron chi connectivity index (χ3n) is 1.76. The molecule has 74 valence electrons. The van der Waals surface area contributed by atoms with Gasteiger partial charge >= 0.3 is 0 Å². The van der Waals surface area contributed by atoms with E-state index in [1.54, 1.807) is 6.07 Å². The first-order valence-electron chi connectivity index (χ1n) is 4.01. The molecule has 0 aliphatic rings. The van der Waals surface area contributed by atoms with Gasteiger partial charge in [-0.2, -0.15) is 0 Å². The van der Waals surface area contributed by atoms with Gasteiger partial charge in [0.25, 0.3) is 0 Å². The van der Waals surface area contributed by atoms with Gasteiger partial charge in [-0.1, -0.05) is 0 Å². The van der Waals surface area contributed by atoms with Gasteiger partial charge in [0.05, 0.1) is 10.7 Å². The number of hydrogen-bond acceptors (Lipinski definition) is 4. The fourth-order valence-corrected chi connectivity index (χ4v) is 2.31. The van der Waals surface area contributed by atoms with Crippen molar-refractivity contribution in [2.24, 2.45) is 0 Å². The van der Waals surface area contributed by atoms with Gasteiger partial charge in [-0.15, -0.1) is 11.3 Å². The summed E-state index contributed by atoms with van der Waals surface area (Å²) in [6.07, 6.45) is 0.751. The zero-order chi connectivity index (χ0) is 10.1. The molecule has 2 aromatic rings. The Morgan fingerprint density at radius 2 is 2.43 bits per heavy atom. The smallest absolute Gasteiger partial charge is 0.164 e. The zero-order valence-electron chi connectivity index (χ0n) is 7.40. The fourth-order valence-electron chi connectivity index (χ4n) is 1.11. The highest BCUT2D eigenvalue weighted by atomic mass is 79.9. The van der Waals surface area contributed by atoms with Gasteiger partial charge in [0.1, 0.15) is 5.01 Å². The first-order valence-corrected chi connectivity index (χ1v) is 5.68. The van der Waals surface area contributed by atoms with E-state index in [0.717, 1.165) is 10.2 Å². The number of furan rings is 1. The fraction of sp³-hybridized carbons (Fsp3) is 0.222. The van der Waals surface area contributed by atoms with Crippen molar-refractivity contribution < 1.29 is 9.52 Å². The summed E-state index contributed by atoms with van der Waals surface area (Å²) >= 11 is 4.72. The number of aliphatic hydroxyl groups is 1. The molecule has 1 atom stereocenters. The van der Waals surface area contributed by atoms with Gasteiger partial charge in [-0.05, 0) is 28.9 Å². The summed E-state index contributed by atoms with van der Waals surface area (Å²) in [6.45, 7) is 1.89. The van der Waals surface area contributed by atoms with Crippen LogP contribution in [0.1, 0.15) is 22.6 Å². The Kier molecular flexibility index (Phi) is 2.71. The zero-order valence-corrected chi connectivity index (χ0v) is 9.80. The van der Waals surface area contributed by atoms with E-state index >= 15 is 0 Å². The van der Waals surface area contributed by atoms with Crippen LogP contribution < -0.4 is 0 Å². The molecule has 0 aliphatic carbocycles. The van der Waals surface area contributed by atoms with E-state index in [0.29, 0.717) is 10.8 Å². The predicted molar refractivity (Wildman–Crippen MR) is 57.3 cm³/mol. The summed E-state index contributed by atoms with van der Waals surface area (Å²) in [6, 6.07) is 1.75. The number of aromatic nitrogens is 1. The Morgan fingerprint density at radius 3 is 2.93 bits per heavy atom. The summed E-state index contributed by atoms with van der Waals surface area (Å²) in [7, 11) is 0. The van der Waals surface area contributed by atoms with Crippen LogP contribution in [0.15, 0.2) is 26.6 Å². The molecule has 1 N–H and O–H groups in total. The third kappa shape index (κ3) is 1.75. The average molecular weight is 274 g/mol. The Labute approximate surface area is 93.5 Å². The minimum Gasteiger partial charge on any atom is -0.465 e. The molecule has 0 saturated carbocycles. The minimum atomic E-state index is -0.780. The largest absolute Gasteiger partial charge is 0.465 e. The Bertz CT molecular complexity index is 437. The lowest BCUT2D eigenvalue weighted by Crippen LogP contribution is -1.98. The molecule has 3 nitrogen and oxygen atoms in total. The normalized spacial score (nSPS) is 13.1. The van der Waals surface area contributed by atoms with E-state index in [9.17, 15) is 5.11 Å². The van der Waals surface area contributed by atoms with Crippen LogP contribution in [0.5, 0.6) is 0 Å². The molecule has 14 heavy (non-hydrogen) atoms. The number of thiazole rings is 1. The number of halogens is 1. The molecule has 2 rings (SSSR count). The SMILES string of the molecule is Cc1csc(C(O)c2occc2Br)n1. The van der Waals surface area contributed by atoms with E-state index in [4.69, 9.17) is 4.42 Å². The highest BCUT2D eigenvalue weighted by molar-refractivity contribution is 9.10. The molecular weight excluding hydrogens is 266 g/mol. The van der Waals surface area contributed by atoms with Gasteiger partial charge in [0, 0.05) is 11.1 Å². The van der Waals surface area contributed by atoms with Crippen LogP contribution in [0.3, 0.4) is 0 Å². The number of rotatable bonds is 2. The standard InChI is InChI=1S/C9H8BrNO2S/c1-5-4-14-9(11-5)7(12)8-6(10)2-3-13-8/h2-4,7,12H,1H3. The maximum absolute atomic E-state index is 9.90. The van der Waals surface area contributed by atoms with Crippen LogP contribution in [-0.2, 0) is 0 Å². The maximum atomic E-state index is 9.90. The van der Waals surface area contributed by atoms with Crippen molar-refractivity contribution in [3.8, 4) is 0 Å². The lowest BCUT2D eigenvalue weighted by Gasteiger charge is -2.03. The summed E-state index contributed by atoms with van der Waals surface area (Å²) in [5.41, 5.74) is 0.909. The van der Waals surface area contributed by atoms with Crippen LogP contribution in [0.4, 0.5) is 0 Å². The van der Waals surface area contributed by atoms with Crippen molar-refractivity contribution in [1.29, 1.82) is 0 Å². The summed E-state index contributed by atoms with van der Waals surface area (Å²) in [4.78, 5) is 4.20. The lowest BCUT2D eigenvalue weighted by molar-refractivity contribution is 0.187. The van der Waals surface area contributed by atoms with Crippen molar-refractivity contribution in [2.75, 3.05) is 0 Å². The van der Waals surface area contributed by atoms with Gasteiger partial charge in [0.2, 0.25) is 0 Å². The summed E-state index contributed by atoms with van der Waals surface area (Å²) < 4.78 is 5.92. The summed E-state index contributed by atoms with van der Waals surface area (Å²) in [5, 5.41) is 12.4. The quantitative estimate of drug-likeness (QED) is 0.915. The molecular formula is C9H8BrNO2S. The highest BCUT2D eigenvalue weighted by Gasteiger charge is 2.19. The van der Waals surface area contributed by atoms with Crippen molar-refractivity contribution in [2.45, 2.75) is 13.0 Å². The van der Waals surface area contributed by atoms with Crippen LogP contribution in [0, 0.1) is 6.92 Å². The Balaban J connectivity index is 2.33. The second-order valence-corrected chi connectivity index (χ2v) is 4.61. The summed E-state index contributed by atoms with van der Waals surface area (Å²) in [5.74, 6) is 0.499. The van der Waals surface area contributed by atoms with Gasteiger partial charge in [-0.25, -0.2) is 4.98 Å². The predicted octanol–water partition coefficient (Wildman–Crippen LogP) is 2.89. The van der Waals surface area contributed by atoms with Crippen LogP contribution in [0.2, 0.25) is 0 Å². The van der Waals surface area contributed by atoms with Crippen molar-refractivity contribution >= 4 is 27.3 Å². The molecule has 0 radical (unpaired) electrons. The second-order valence-electron chi connectivity index (χ2n) is 2.86. The van der Waals surface area contributed by atoms with Crippen molar-refractivity contribution in [1.82, 2.24) is 4.98 Å². The molecule has 2 aromatic heterocycles. The molecule has 2 heterocycles. The molecule has 0 bridgehead atoms. The molecule has 5 heteroatoms. The van der Waals surface area contributed by atoms with E-state index < -0.39 is 6.10 Å². The molecule has 0 aromatic carbocycles. The Morgan fingerprint density at radius 1 is 1.64 bits per heavy atom. The van der Waals surface area contributed by atoms with E-state index in [1.165, 1.54) is 17.6 Å². The topological polar surface area (TPSA) is 46.3 Å². The average Bonchev–Trinajstić information content (AvgIpc) is 2.73. The number of aryl methyl sites for hydroxylation is 1. The third-order valence-corrected chi connectivity index (χ3v) is 3.43. The van der Waals surface area contributed by atoms with E-state index in [1.807, 2.05) is 12.3 Å². The van der Waals surface area contributed by atoms with Crippen molar-refractivity contribution in [3.05, 3.63) is 38.6 Å². The molecule has 1 unspecified atom stereocenters. The van der Waals surface area contributed by atoms with Gasteiger partial charge in [-0.3, -0.25) is 0 Å². The molecule has 0 fully saturated rings. The second kappa shape index (κ2) is 3.84. The van der Waals surface area contributed by atoms with Crippen LogP contribution in [0.25, 0.3) is 0 Å². The first kappa shape index (κ1) is 9.89. The first-order chi connectivity index (χ1) is 6.68. The maximum Gasteiger partial charge on any atom is 0.164 e. The molecule has 0 amide bonds. The monoisotopic (exact) mass is 273 g/mol. The van der Waals surface area contributed by atoms with E-state index in [2.05, 4.69) is 20.9 Å². The van der Waals surface area contributed by atoms with Crippen LogP contribution >= 0.6 is 27.3 Å². The number of aliphatic hydroxyl groups excluding tert-OH is 1. The number of hydrogen-bond donors (Lipinski definition) is 1. The van der Waals surface area contributed by atoms with Gasteiger partial charge < -0.3 is 9.52 Å². The molecule has 0 saturated heterocycles. The van der Waals surface area contributed by atoms with Crippen LogP contribution in [-0.4, -0.2) is 10.1 Å². The van der Waals surface area contributed by atoms with Gasteiger partial charge in [0.15, 0.2) is 11.9 Å². The minimum absolute atomic E-state index is 0.499. The molecule has 0 spiro atoms. The van der Waals surface area contributed by atoms with Crippen molar-refractivity contribution in [3.63, 3.8) is 0 Å². The Hall–Kier alpha value is -0.650. The lowest BCUT2D eigenvalue weighted by atomic mass is 10.3. The molecule has 0 aliphatic heterocycles. The number of nitrogens with zero attached hydrogens (tertiary/aromatic N) is 1. The highest BCUT2D eigenvalue weighted by Crippen LogP contribution is 2.30. The van der Waals surface area contributed by atoms with E-state index in [-0.39, 0.29) is 0 Å².